The second kappa shape index (κ2) is 30.5. The van der Waals surface area contributed by atoms with E-state index in [0.717, 1.165) is 0 Å². The van der Waals surface area contributed by atoms with Gasteiger partial charge in [0.1, 0.15) is 0 Å². The summed E-state index contributed by atoms with van der Waals surface area (Å²) < 4.78 is 1.25. The molecule has 0 aliphatic heterocycles. The Morgan fingerprint density at radius 2 is 0.405 bits per heavy atom. The van der Waals surface area contributed by atoms with Crippen LogP contribution in [0.1, 0.15) is 206 Å². The van der Waals surface area contributed by atoms with Crippen LogP contribution in [0, 0.1) is 0 Å². The van der Waals surface area contributed by atoms with Crippen LogP contribution in [0.25, 0.3) is 0 Å². The predicted molar refractivity (Wildman–Crippen MR) is 172 cm³/mol. The molecule has 0 rings (SSSR count). The average molecular weight is 523 g/mol. The number of quaternary nitrogens is 1. The average Bonchev–Trinajstić information content (AvgIpc) is 2.88. The summed E-state index contributed by atoms with van der Waals surface area (Å²) in [6, 6.07) is 0. The number of unbranched alkanes of at least 4 members (excludes halogenated alkanes) is 28. The molecule has 224 valence electrons. The van der Waals surface area contributed by atoms with E-state index in [4.69, 9.17) is 0 Å². The van der Waals surface area contributed by atoms with Crippen molar-refractivity contribution in [2.45, 2.75) is 206 Å². The molecule has 0 aromatic carbocycles. The Bertz CT molecular complexity index is 401. The van der Waals surface area contributed by atoms with Gasteiger partial charge in [-0.25, -0.2) is 0 Å². The Morgan fingerprint density at radius 3 is 0.595 bits per heavy atom. The van der Waals surface area contributed by atoms with Crippen LogP contribution in [0.4, 0.5) is 0 Å². The minimum Gasteiger partial charge on any atom is -0.328 e. The van der Waals surface area contributed by atoms with Gasteiger partial charge < -0.3 is 4.48 Å². The van der Waals surface area contributed by atoms with Gasteiger partial charge in [-0.05, 0) is 25.7 Å². The summed E-state index contributed by atoms with van der Waals surface area (Å²) in [6.45, 7) is 7.39. The lowest BCUT2D eigenvalue weighted by atomic mass is 10.0. The minimum absolute atomic E-state index is 1.25. The van der Waals surface area contributed by atoms with Crippen molar-refractivity contribution in [3.63, 3.8) is 0 Å². The van der Waals surface area contributed by atoms with E-state index in [0.29, 0.717) is 0 Å². The third-order valence-electron chi connectivity index (χ3n) is 8.73. The molecular formula is C36H76N+. The molecule has 37 heavy (non-hydrogen) atoms. The van der Waals surface area contributed by atoms with Crippen molar-refractivity contribution >= 4 is 0 Å². The highest BCUT2D eigenvalue weighted by molar-refractivity contribution is 4.52. The molecule has 0 heterocycles. The summed E-state index contributed by atoms with van der Waals surface area (Å²) in [5, 5.41) is 0. The molecule has 0 unspecified atom stereocenters. The van der Waals surface area contributed by atoms with Crippen LogP contribution in [-0.2, 0) is 0 Å². The second-order valence-corrected chi connectivity index (χ2v) is 13.3. The summed E-state index contributed by atoms with van der Waals surface area (Å²) in [5.41, 5.74) is 0. The number of hydrogen-bond donors (Lipinski definition) is 0. The van der Waals surface area contributed by atoms with Gasteiger partial charge in [0.05, 0.1) is 27.2 Å². The molecule has 0 N–H and O–H groups in total. The van der Waals surface area contributed by atoms with Crippen molar-refractivity contribution < 1.29 is 4.48 Å². The Hall–Kier alpha value is -0.0400. The molecule has 0 radical (unpaired) electrons. The third-order valence-corrected chi connectivity index (χ3v) is 8.73. The van der Waals surface area contributed by atoms with Crippen LogP contribution >= 0.6 is 0 Å². The molecule has 1 heteroatoms. The Labute approximate surface area is 237 Å². The molecule has 0 amide bonds. The summed E-state index contributed by atoms with van der Waals surface area (Å²) in [7, 11) is 4.93. The minimum atomic E-state index is 1.25. The van der Waals surface area contributed by atoms with Crippen molar-refractivity contribution in [2.75, 3.05) is 27.2 Å². The van der Waals surface area contributed by atoms with E-state index in [1.807, 2.05) is 0 Å². The molecule has 1 nitrogen and oxygen atoms in total. The largest absolute Gasteiger partial charge is 0.328 e. The Balaban J connectivity index is 3.27. The van der Waals surface area contributed by atoms with Gasteiger partial charge in [-0.3, -0.25) is 0 Å². The van der Waals surface area contributed by atoms with Gasteiger partial charge in [0, 0.05) is 0 Å². The molecule has 0 aromatic heterocycles. The summed E-state index contributed by atoms with van der Waals surface area (Å²) in [5.74, 6) is 0. The fraction of sp³-hybridized carbons (Fsp3) is 1.00. The van der Waals surface area contributed by atoms with Crippen LogP contribution in [-0.4, -0.2) is 31.7 Å². The molecule has 0 aromatic rings. The molecule has 0 atom stereocenters. The first-order valence-electron chi connectivity index (χ1n) is 17.9. The van der Waals surface area contributed by atoms with Crippen molar-refractivity contribution in [3.05, 3.63) is 0 Å². The standard InChI is InChI=1S/C36H76N/c1-5-7-9-11-13-15-17-19-21-22-24-26-28-30-32-34-36-37(3,4)35-33-31-29-27-25-23-20-18-16-14-12-10-8-6-2/h5-36H2,1-4H3/q+1. The fourth-order valence-corrected chi connectivity index (χ4v) is 5.93. The zero-order valence-corrected chi connectivity index (χ0v) is 27.1. The highest BCUT2D eigenvalue weighted by Crippen LogP contribution is 2.16. The molecule has 0 aliphatic rings. The number of hydrogen-bond acceptors (Lipinski definition) is 0. The van der Waals surface area contributed by atoms with Crippen LogP contribution in [0.2, 0.25) is 0 Å². The molecule has 0 fully saturated rings. The van der Waals surface area contributed by atoms with Crippen molar-refractivity contribution in [1.82, 2.24) is 0 Å². The first-order chi connectivity index (χ1) is 18.1. The summed E-state index contributed by atoms with van der Waals surface area (Å²) in [4.78, 5) is 0. The SMILES string of the molecule is CCCCCCCCCCCCCCCCCC[N+](C)(C)CCCCCCCCCCCCCCCC. The van der Waals surface area contributed by atoms with E-state index in [9.17, 15) is 0 Å². The van der Waals surface area contributed by atoms with Crippen molar-refractivity contribution in [3.8, 4) is 0 Å². The Morgan fingerprint density at radius 1 is 0.243 bits per heavy atom. The number of rotatable bonds is 32. The third kappa shape index (κ3) is 32.1. The topological polar surface area (TPSA) is 0 Å². The fourth-order valence-electron chi connectivity index (χ4n) is 5.93. The van der Waals surface area contributed by atoms with Crippen LogP contribution in [0.5, 0.6) is 0 Å². The predicted octanol–water partition coefficient (Wildman–Crippen LogP) is 12.8. The van der Waals surface area contributed by atoms with E-state index >= 15 is 0 Å². The molecule has 0 saturated heterocycles. The van der Waals surface area contributed by atoms with Gasteiger partial charge in [-0.15, -0.1) is 0 Å². The van der Waals surface area contributed by atoms with Gasteiger partial charge in [0.15, 0.2) is 0 Å². The van der Waals surface area contributed by atoms with E-state index in [1.165, 1.54) is 210 Å². The van der Waals surface area contributed by atoms with Gasteiger partial charge in [0.2, 0.25) is 0 Å². The molecule has 0 aliphatic carbocycles. The van der Waals surface area contributed by atoms with Gasteiger partial charge in [-0.1, -0.05) is 181 Å². The molecular weight excluding hydrogens is 446 g/mol. The van der Waals surface area contributed by atoms with E-state index in [2.05, 4.69) is 27.9 Å². The van der Waals surface area contributed by atoms with Gasteiger partial charge in [-0.2, -0.15) is 0 Å². The van der Waals surface area contributed by atoms with E-state index < -0.39 is 0 Å². The lowest BCUT2D eigenvalue weighted by molar-refractivity contribution is -0.890. The highest BCUT2D eigenvalue weighted by atomic mass is 15.3. The van der Waals surface area contributed by atoms with Gasteiger partial charge >= 0.3 is 0 Å². The molecule has 0 saturated carbocycles. The van der Waals surface area contributed by atoms with Crippen LogP contribution in [0.15, 0.2) is 0 Å². The second-order valence-electron chi connectivity index (χ2n) is 13.3. The number of nitrogens with zero attached hydrogens (tertiary/aromatic N) is 1. The lowest BCUT2D eigenvalue weighted by Gasteiger charge is -2.30. The van der Waals surface area contributed by atoms with E-state index in [-0.39, 0.29) is 0 Å². The normalized spacial score (nSPS) is 12.0. The zero-order chi connectivity index (χ0) is 27.1. The monoisotopic (exact) mass is 523 g/mol. The maximum Gasteiger partial charge on any atom is 0.0782 e. The molecule has 0 spiro atoms. The maximum atomic E-state index is 2.47. The lowest BCUT2D eigenvalue weighted by Crippen LogP contribution is -2.41. The summed E-state index contributed by atoms with van der Waals surface area (Å²) in [6.07, 6.45) is 43.9. The zero-order valence-electron chi connectivity index (χ0n) is 27.1. The van der Waals surface area contributed by atoms with Crippen LogP contribution < -0.4 is 0 Å². The first-order valence-corrected chi connectivity index (χ1v) is 17.9. The quantitative estimate of drug-likeness (QED) is 0.0608. The van der Waals surface area contributed by atoms with Crippen molar-refractivity contribution in [2.24, 2.45) is 0 Å². The summed E-state index contributed by atoms with van der Waals surface area (Å²) >= 11 is 0. The van der Waals surface area contributed by atoms with E-state index in [1.54, 1.807) is 0 Å². The first kappa shape index (κ1) is 37.0. The Kier molecular flexibility index (Phi) is 30.5. The smallest absolute Gasteiger partial charge is 0.0782 e. The maximum absolute atomic E-state index is 2.47. The van der Waals surface area contributed by atoms with Crippen LogP contribution in [0.3, 0.4) is 0 Å². The highest BCUT2D eigenvalue weighted by Gasteiger charge is 2.13. The van der Waals surface area contributed by atoms with Gasteiger partial charge in [0.25, 0.3) is 0 Å². The molecule has 0 bridgehead atoms. The van der Waals surface area contributed by atoms with Crippen molar-refractivity contribution in [1.29, 1.82) is 0 Å².